The fourth-order valence-electron chi connectivity index (χ4n) is 4.87. The maximum atomic E-state index is 12.6. The van der Waals surface area contributed by atoms with Crippen molar-refractivity contribution in [1.82, 2.24) is 5.32 Å². The Labute approximate surface area is 229 Å². The van der Waals surface area contributed by atoms with Gasteiger partial charge in [0.1, 0.15) is 18.3 Å². The van der Waals surface area contributed by atoms with Gasteiger partial charge in [-0.2, -0.15) is 0 Å². The summed E-state index contributed by atoms with van der Waals surface area (Å²) in [5.41, 5.74) is -0.0801. The average Bonchev–Trinajstić information content (AvgIpc) is 2.85. The molecule has 1 fully saturated rings. The van der Waals surface area contributed by atoms with Gasteiger partial charge in [-0.05, 0) is 31.1 Å². The first-order chi connectivity index (χ1) is 18.0. The zero-order chi connectivity index (χ0) is 28.6. The number of aliphatic hydroxyl groups excluding tert-OH is 3. The summed E-state index contributed by atoms with van der Waals surface area (Å²) in [6.07, 6.45) is 6.95. The number of carbonyl (C=O) groups excluding carboxylic acids is 1. The van der Waals surface area contributed by atoms with Crippen molar-refractivity contribution in [3.05, 3.63) is 0 Å². The van der Waals surface area contributed by atoms with E-state index in [1.54, 1.807) is 0 Å². The van der Waals surface area contributed by atoms with Gasteiger partial charge >= 0.3 is 5.97 Å². The first-order valence-electron chi connectivity index (χ1n) is 14.8. The first kappa shape index (κ1) is 34.8. The molecule has 2 unspecified atom stereocenters. The van der Waals surface area contributed by atoms with Crippen LogP contribution in [0.2, 0.25) is 0 Å². The second-order valence-corrected chi connectivity index (χ2v) is 12.0. The summed E-state index contributed by atoms with van der Waals surface area (Å²) in [5, 5.41) is 42.9. The van der Waals surface area contributed by atoms with Gasteiger partial charge in [0.05, 0.1) is 5.92 Å². The van der Waals surface area contributed by atoms with E-state index in [2.05, 4.69) is 12.2 Å². The fourth-order valence-corrected chi connectivity index (χ4v) is 4.87. The topological polar surface area (TPSA) is 146 Å². The highest BCUT2D eigenvalue weighted by Crippen LogP contribution is 2.28. The number of amides is 1. The van der Waals surface area contributed by atoms with E-state index in [0.717, 1.165) is 19.3 Å². The molecular weight excluding hydrogens is 490 g/mol. The molecule has 0 aliphatic carbocycles. The number of aliphatic hydroxyl groups is 3. The zero-order valence-electron chi connectivity index (χ0n) is 24.2. The lowest BCUT2D eigenvalue weighted by Crippen LogP contribution is -2.62. The highest BCUT2D eigenvalue weighted by Gasteiger charge is 2.47. The van der Waals surface area contributed by atoms with E-state index in [0.29, 0.717) is 32.3 Å². The molecule has 1 heterocycles. The minimum absolute atomic E-state index is 0.0801. The summed E-state index contributed by atoms with van der Waals surface area (Å²) in [4.78, 5) is 24.1. The van der Waals surface area contributed by atoms with Crippen LogP contribution in [-0.2, 0) is 19.1 Å². The monoisotopic (exact) mass is 545 g/mol. The molecule has 0 saturated carbocycles. The number of carbonyl (C=O) groups is 2. The molecule has 224 valence electrons. The minimum atomic E-state index is -1.58. The molecule has 9 heteroatoms. The van der Waals surface area contributed by atoms with E-state index < -0.39 is 48.5 Å². The lowest BCUT2D eigenvalue weighted by atomic mass is 9.82. The Morgan fingerprint density at radius 1 is 0.842 bits per heavy atom. The molecule has 0 bridgehead atoms. The van der Waals surface area contributed by atoms with Crippen LogP contribution in [0.5, 0.6) is 0 Å². The average molecular weight is 546 g/mol. The molecule has 1 amide bonds. The minimum Gasteiger partial charge on any atom is -0.481 e. The van der Waals surface area contributed by atoms with Crippen LogP contribution in [0.4, 0.5) is 0 Å². The summed E-state index contributed by atoms with van der Waals surface area (Å²) in [6, 6.07) is 0. The van der Waals surface area contributed by atoms with Crippen molar-refractivity contribution in [2.24, 2.45) is 11.3 Å². The molecule has 0 aromatic heterocycles. The van der Waals surface area contributed by atoms with Crippen molar-refractivity contribution < 1.29 is 39.5 Å². The quantitative estimate of drug-likeness (QED) is 0.143. The Balaban J connectivity index is 2.32. The van der Waals surface area contributed by atoms with Crippen LogP contribution in [0.1, 0.15) is 118 Å². The van der Waals surface area contributed by atoms with Crippen molar-refractivity contribution in [3.8, 4) is 0 Å². The molecule has 0 aromatic rings. The molecule has 38 heavy (non-hydrogen) atoms. The number of carboxylic acids is 1. The molecule has 9 nitrogen and oxygen atoms in total. The molecule has 0 spiro atoms. The predicted molar refractivity (Wildman–Crippen MR) is 147 cm³/mol. The number of carboxylic acid groups (broad SMARTS) is 1. The van der Waals surface area contributed by atoms with E-state index in [1.807, 2.05) is 20.8 Å². The lowest BCUT2D eigenvalue weighted by Gasteiger charge is -2.39. The SMILES string of the molecule is CCCCCCCCCCCCOC1O[C@H](C(=O)NCCCCC(CC(C)(C)C)C(=O)O)[C@@H](O)[C@H](O)[C@H]1O. The largest absolute Gasteiger partial charge is 0.481 e. The number of unbranched alkanes of at least 4 members (excludes halogenated alkanes) is 10. The number of rotatable bonds is 20. The van der Waals surface area contributed by atoms with Crippen LogP contribution in [-0.4, -0.2) is 76.2 Å². The number of nitrogens with one attached hydrogen (secondary N) is 1. The lowest BCUT2D eigenvalue weighted by molar-refractivity contribution is -0.290. The number of aliphatic carboxylic acids is 1. The van der Waals surface area contributed by atoms with E-state index in [9.17, 15) is 30.0 Å². The number of hydrogen-bond donors (Lipinski definition) is 5. The van der Waals surface area contributed by atoms with E-state index in [-0.39, 0.29) is 12.0 Å². The molecule has 6 atom stereocenters. The van der Waals surface area contributed by atoms with Crippen molar-refractivity contribution >= 4 is 11.9 Å². The van der Waals surface area contributed by atoms with Crippen LogP contribution in [0.3, 0.4) is 0 Å². The second-order valence-electron chi connectivity index (χ2n) is 12.0. The third kappa shape index (κ3) is 14.2. The molecule has 0 radical (unpaired) electrons. The van der Waals surface area contributed by atoms with Gasteiger partial charge in [-0.3, -0.25) is 9.59 Å². The first-order valence-corrected chi connectivity index (χ1v) is 14.8. The molecule has 1 saturated heterocycles. The second kappa shape index (κ2) is 18.9. The smallest absolute Gasteiger partial charge is 0.306 e. The summed E-state index contributed by atoms with van der Waals surface area (Å²) in [7, 11) is 0. The summed E-state index contributed by atoms with van der Waals surface area (Å²) in [6.45, 7) is 8.87. The Morgan fingerprint density at radius 3 is 1.97 bits per heavy atom. The van der Waals surface area contributed by atoms with Gasteiger partial charge in [0.15, 0.2) is 12.4 Å². The molecule has 1 aliphatic heterocycles. The van der Waals surface area contributed by atoms with Crippen molar-refractivity contribution in [1.29, 1.82) is 0 Å². The fraction of sp³-hybridized carbons (Fsp3) is 0.931. The Bertz CT molecular complexity index is 653. The van der Waals surface area contributed by atoms with Crippen LogP contribution in [0.15, 0.2) is 0 Å². The summed E-state index contributed by atoms with van der Waals surface area (Å²) < 4.78 is 11.2. The van der Waals surface area contributed by atoms with Gasteiger partial charge in [-0.15, -0.1) is 0 Å². The Hall–Kier alpha value is -1.26. The van der Waals surface area contributed by atoms with Crippen molar-refractivity contribution in [2.75, 3.05) is 13.2 Å². The third-order valence-electron chi connectivity index (χ3n) is 7.09. The Morgan fingerprint density at radius 2 is 1.42 bits per heavy atom. The normalized spacial score (nSPS) is 24.8. The standard InChI is InChI=1S/C29H55NO8/c1-5-6-7-8-9-10-11-12-13-16-19-37-28-24(33)22(31)23(32)25(38-28)26(34)30-18-15-14-17-21(27(35)36)20-29(2,3)4/h21-25,28,31-33H,5-20H2,1-4H3,(H,30,34)(H,35,36)/t21?,22-,23-,24+,25-,28?/m0/s1. The van der Waals surface area contributed by atoms with Gasteiger partial charge < -0.3 is 35.2 Å². The van der Waals surface area contributed by atoms with Crippen LogP contribution in [0.25, 0.3) is 0 Å². The van der Waals surface area contributed by atoms with Crippen molar-refractivity contribution in [2.45, 2.75) is 148 Å². The molecular formula is C29H55NO8. The van der Waals surface area contributed by atoms with E-state index >= 15 is 0 Å². The van der Waals surface area contributed by atoms with Gasteiger partial charge in [-0.1, -0.05) is 91.9 Å². The maximum absolute atomic E-state index is 12.6. The van der Waals surface area contributed by atoms with Crippen LogP contribution >= 0.6 is 0 Å². The maximum Gasteiger partial charge on any atom is 0.306 e. The van der Waals surface area contributed by atoms with Gasteiger partial charge in [0.25, 0.3) is 5.91 Å². The summed E-state index contributed by atoms with van der Waals surface area (Å²) >= 11 is 0. The number of ether oxygens (including phenoxy) is 2. The van der Waals surface area contributed by atoms with Crippen LogP contribution < -0.4 is 5.32 Å². The molecule has 1 aliphatic rings. The summed E-state index contributed by atoms with van der Waals surface area (Å²) in [5.74, 6) is -1.83. The van der Waals surface area contributed by atoms with Gasteiger partial charge in [0.2, 0.25) is 0 Å². The molecule has 5 N–H and O–H groups in total. The Kier molecular flexibility index (Phi) is 17.3. The van der Waals surface area contributed by atoms with E-state index in [1.165, 1.54) is 44.9 Å². The van der Waals surface area contributed by atoms with Crippen molar-refractivity contribution in [3.63, 3.8) is 0 Å². The third-order valence-corrected chi connectivity index (χ3v) is 7.09. The highest BCUT2D eigenvalue weighted by molar-refractivity contribution is 5.81. The molecule has 0 aromatic carbocycles. The molecule has 1 rings (SSSR count). The van der Waals surface area contributed by atoms with Gasteiger partial charge in [-0.25, -0.2) is 0 Å². The van der Waals surface area contributed by atoms with Crippen LogP contribution in [0, 0.1) is 11.3 Å². The predicted octanol–water partition coefficient (Wildman–Crippen LogP) is 4.16. The highest BCUT2D eigenvalue weighted by atomic mass is 16.7. The van der Waals surface area contributed by atoms with Gasteiger partial charge in [0, 0.05) is 13.2 Å². The zero-order valence-corrected chi connectivity index (χ0v) is 24.2. The van der Waals surface area contributed by atoms with E-state index in [4.69, 9.17) is 9.47 Å². The number of hydrogen-bond acceptors (Lipinski definition) is 7.